The highest BCUT2D eigenvalue weighted by Gasteiger charge is 2.00. The molecular formula is C13H13BrClN3. The molecule has 0 aliphatic carbocycles. The maximum absolute atomic E-state index is 6.03. The van der Waals surface area contributed by atoms with Crippen LogP contribution in [0.1, 0.15) is 17.0 Å². The average Bonchev–Trinajstić information content (AvgIpc) is 2.36. The van der Waals surface area contributed by atoms with Gasteiger partial charge in [-0.3, -0.25) is 9.97 Å². The van der Waals surface area contributed by atoms with Gasteiger partial charge < -0.3 is 5.32 Å². The summed E-state index contributed by atoms with van der Waals surface area (Å²) in [7, 11) is 0. The van der Waals surface area contributed by atoms with E-state index in [0.717, 1.165) is 33.0 Å². The lowest BCUT2D eigenvalue weighted by Crippen LogP contribution is -2.14. The minimum Gasteiger partial charge on any atom is -0.307 e. The quantitative estimate of drug-likeness (QED) is 0.934. The molecule has 1 aromatic carbocycles. The van der Waals surface area contributed by atoms with Gasteiger partial charge in [0.2, 0.25) is 0 Å². The van der Waals surface area contributed by atoms with Crippen molar-refractivity contribution in [1.82, 2.24) is 15.3 Å². The van der Waals surface area contributed by atoms with Gasteiger partial charge in [-0.1, -0.05) is 17.7 Å². The molecule has 0 radical (unpaired) electrons. The summed E-state index contributed by atoms with van der Waals surface area (Å²) in [5, 5.41) is 4.03. The van der Waals surface area contributed by atoms with Gasteiger partial charge in [0.1, 0.15) is 0 Å². The van der Waals surface area contributed by atoms with Crippen LogP contribution in [0.15, 0.2) is 35.1 Å². The Kier molecular flexibility index (Phi) is 4.69. The van der Waals surface area contributed by atoms with E-state index in [1.807, 2.05) is 25.1 Å². The number of nitrogens with one attached hydrogen (secondary N) is 1. The van der Waals surface area contributed by atoms with Gasteiger partial charge in [-0.05, 0) is 40.5 Å². The fourth-order valence-electron chi connectivity index (χ4n) is 1.50. The van der Waals surface area contributed by atoms with E-state index in [4.69, 9.17) is 11.6 Å². The summed E-state index contributed by atoms with van der Waals surface area (Å²) in [6.07, 6.45) is 3.56. The van der Waals surface area contributed by atoms with E-state index in [2.05, 4.69) is 31.2 Å². The Morgan fingerprint density at radius 2 is 2.06 bits per heavy atom. The number of hydrogen-bond acceptors (Lipinski definition) is 3. The van der Waals surface area contributed by atoms with Crippen molar-refractivity contribution >= 4 is 27.5 Å². The van der Waals surface area contributed by atoms with E-state index < -0.39 is 0 Å². The van der Waals surface area contributed by atoms with Crippen LogP contribution in [0.3, 0.4) is 0 Å². The van der Waals surface area contributed by atoms with Gasteiger partial charge in [0.05, 0.1) is 16.4 Å². The van der Waals surface area contributed by atoms with Gasteiger partial charge in [0.25, 0.3) is 0 Å². The van der Waals surface area contributed by atoms with E-state index in [1.54, 1.807) is 12.4 Å². The molecule has 0 atom stereocenters. The van der Waals surface area contributed by atoms with Crippen LogP contribution in [0.5, 0.6) is 0 Å². The molecule has 5 heteroatoms. The van der Waals surface area contributed by atoms with Crippen LogP contribution < -0.4 is 5.32 Å². The molecule has 3 nitrogen and oxygen atoms in total. The Morgan fingerprint density at radius 1 is 1.22 bits per heavy atom. The van der Waals surface area contributed by atoms with Gasteiger partial charge in [-0.25, -0.2) is 0 Å². The van der Waals surface area contributed by atoms with Gasteiger partial charge in [0, 0.05) is 30.0 Å². The van der Waals surface area contributed by atoms with Crippen LogP contribution in [0.2, 0.25) is 5.02 Å². The highest BCUT2D eigenvalue weighted by molar-refractivity contribution is 9.10. The number of benzene rings is 1. The van der Waals surface area contributed by atoms with Crippen LogP contribution in [0.25, 0.3) is 0 Å². The lowest BCUT2D eigenvalue weighted by Gasteiger charge is -2.05. The van der Waals surface area contributed by atoms with Crippen molar-refractivity contribution in [3.63, 3.8) is 0 Å². The van der Waals surface area contributed by atoms with E-state index in [-0.39, 0.29) is 0 Å². The monoisotopic (exact) mass is 325 g/mol. The lowest BCUT2D eigenvalue weighted by molar-refractivity contribution is 0.676. The first-order valence-corrected chi connectivity index (χ1v) is 6.74. The molecule has 2 aromatic rings. The van der Waals surface area contributed by atoms with Crippen LogP contribution in [0, 0.1) is 6.92 Å². The van der Waals surface area contributed by atoms with Crippen LogP contribution in [-0.2, 0) is 13.1 Å². The van der Waals surface area contributed by atoms with Gasteiger partial charge >= 0.3 is 0 Å². The van der Waals surface area contributed by atoms with Crippen molar-refractivity contribution in [2.75, 3.05) is 0 Å². The molecule has 94 valence electrons. The molecule has 0 bridgehead atoms. The van der Waals surface area contributed by atoms with E-state index >= 15 is 0 Å². The second-order valence-corrected chi connectivity index (χ2v) is 5.26. The molecular weight excluding hydrogens is 314 g/mol. The number of nitrogens with zero attached hydrogens (tertiary/aromatic N) is 2. The molecule has 1 aromatic heterocycles. The maximum Gasteiger partial charge on any atom is 0.0724 e. The van der Waals surface area contributed by atoms with Gasteiger partial charge in [-0.15, -0.1) is 0 Å². The minimum absolute atomic E-state index is 0.695. The Hall–Kier alpha value is -0.970. The van der Waals surface area contributed by atoms with Crippen molar-refractivity contribution < 1.29 is 0 Å². The Bertz CT molecular complexity index is 528. The molecule has 0 saturated heterocycles. The third-order valence-electron chi connectivity index (χ3n) is 2.45. The largest absolute Gasteiger partial charge is 0.307 e. The summed E-state index contributed by atoms with van der Waals surface area (Å²) < 4.78 is 0.914. The first-order chi connectivity index (χ1) is 8.65. The molecule has 0 aliphatic heterocycles. The number of halogens is 2. The van der Waals surface area contributed by atoms with Crippen molar-refractivity contribution in [1.29, 1.82) is 0 Å². The van der Waals surface area contributed by atoms with Gasteiger partial charge in [0.15, 0.2) is 0 Å². The number of aromatic nitrogens is 2. The Morgan fingerprint density at radius 3 is 2.72 bits per heavy atom. The first-order valence-electron chi connectivity index (χ1n) is 5.57. The van der Waals surface area contributed by atoms with Crippen molar-refractivity contribution in [3.05, 3.63) is 57.0 Å². The number of hydrogen-bond donors (Lipinski definition) is 1. The molecule has 0 unspecified atom stereocenters. The highest BCUT2D eigenvalue weighted by Crippen LogP contribution is 2.23. The smallest absolute Gasteiger partial charge is 0.0724 e. The fourth-order valence-corrected chi connectivity index (χ4v) is 1.94. The van der Waals surface area contributed by atoms with E-state index in [0.29, 0.717) is 6.54 Å². The molecule has 2 rings (SSSR count). The Labute approximate surface area is 120 Å². The third-order valence-corrected chi connectivity index (χ3v) is 3.69. The standard InChI is InChI=1S/C13H13BrClN3/c1-9-5-18-11(8-17-9)7-16-6-10-2-3-12(14)13(15)4-10/h2-5,8,16H,6-7H2,1H3. The topological polar surface area (TPSA) is 37.8 Å². The van der Waals surface area contributed by atoms with Crippen molar-refractivity contribution in [2.45, 2.75) is 20.0 Å². The maximum atomic E-state index is 6.03. The summed E-state index contributed by atoms with van der Waals surface area (Å²) in [6, 6.07) is 5.92. The van der Waals surface area contributed by atoms with Gasteiger partial charge in [-0.2, -0.15) is 0 Å². The lowest BCUT2D eigenvalue weighted by atomic mass is 10.2. The average molecular weight is 327 g/mol. The van der Waals surface area contributed by atoms with E-state index in [1.165, 1.54) is 0 Å². The molecule has 0 aliphatic rings. The number of aryl methyl sites for hydroxylation is 1. The second-order valence-electron chi connectivity index (χ2n) is 4.00. The van der Waals surface area contributed by atoms with Crippen molar-refractivity contribution in [3.8, 4) is 0 Å². The molecule has 18 heavy (non-hydrogen) atoms. The highest BCUT2D eigenvalue weighted by atomic mass is 79.9. The zero-order chi connectivity index (χ0) is 13.0. The SMILES string of the molecule is Cc1cnc(CNCc2ccc(Br)c(Cl)c2)cn1. The third kappa shape index (κ3) is 3.77. The fraction of sp³-hybridized carbons (Fsp3) is 0.231. The normalized spacial score (nSPS) is 10.6. The summed E-state index contributed by atoms with van der Waals surface area (Å²) in [6.45, 7) is 3.37. The molecule has 0 fully saturated rings. The molecule has 1 heterocycles. The van der Waals surface area contributed by atoms with Crippen molar-refractivity contribution in [2.24, 2.45) is 0 Å². The molecule has 0 spiro atoms. The van der Waals surface area contributed by atoms with Crippen LogP contribution in [-0.4, -0.2) is 9.97 Å². The molecule has 0 saturated carbocycles. The minimum atomic E-state index is 0.695. The molecule has 0 amide bonds. The second kappa shape index (κ2) is 6.27. The van der Waals surface area contributed by atoms with Crippen LogP contribution in [0.4, 0.5) is 0 Å². The summed E-state index contributed by atoms with van der Waals surface area (Å²) in [5.41, 5.74) is 3.01. The predicted octanol–water partition coefficient (Wildman–Crippen LogP) is 3.49. The first kappa shape index (κ1) is 13.5. The Balaban J connectivity index is 1.88. The summed E-state index contributed by atoms with van der Waals surface area (Å²) in [5.74, 6) is 0. The zero-order valence-electron chi connectivity index (χ0n) is 9.95. The predicted molar refractivity (Wildman–Crippen MR) is 76.5 cm³/mol. The molecule has 1 N–H and O–H groups in total. The van der Waals surface area contributed by atoms with Crippen LogP contribution >= 0.6 is 27.5 Å². The number of rotatable bonds is 4. The summed E-state index contributed by atoms with van der Waals surface area (Å²) in [4.78, 5) is 8.48. The zero-order valence-corrected chi connectivity index (χ0v) is 12.3. The van der Waals surface area contributed by atoms with E-state index in [9.17, 15) is 0 Å². The summed E-state index contributed by atoms with van der Waals surface area (Å²) >= 11 is 9.40.